The van der Waals surface area contributed by atoms with Crippen molar-refractivity contribution in [3.63, 3.8) is 0 Å². The van der Waals surface area contributed by atoms with Crippen LogP contribution < -0.4 is 10.5 Å². The van der Waals surface area contributed by atoms with Gasteiger partial charge in [0.15, 0.2) is 5.78 Å². The van der Waals surface area contributed by atoms with Crippen molar-refractivity contribution in [2.45, 2.75) is 70.3 Å². The summed E-state index contributed by atoms with van der Waals surface area (Å²) in [7, 11) is 0. The van der Waals surface area contributed by atoms with Crippen molar-refractivity contribution >= 4 is 18.2 Å². The van der Waals surface area contributed by atoms with Crippen LogP contribution in [-0.2, 0) is 6.42 Å². The minimum Gasteiger partial charge on any atom is -0.494 e. The normalized spacial score (nSPS) is 12.3. The Kier molecular flexibility index (Phi) is 10.8. The van der Waals surface area contributed by atoms with Gasteiger partial charge in [-0.1, -0.05) is 63.6 Å². The molecule has 0 saturated heterocycles. The van der Waals surface area contributed by atoms with E-state index >= 15 is 0 Å². The molecule has 6 heteroatoms. The molecule has 0 aliphatic heterocycles. The first-order valence-electron chi connectivity index (χ1n) is 12.0. The molecular weight excluding hydrogens is 438 g/mol. The molecule has 0 spiro atoms. The summed E-state index contributed by atoms with van der Waals surface area (Å²) >= 11 is 0. The number of ether oxygens (including phenoxy) is 1. The van der Waals surface area contributed by atoms with Crippen molar-refractivity contribution in [2.24, 2.45) is 5.73 Å². The lowest BCUT2D eigenvalue weighted by atomic mass is 9.92. The molecule has 33 heavy (non-hydrogen) atoms. The van der Waals surface area contributed by atoms with Gasteiger partial charge in [0.2, 0.25) is 0 Å². The number of aliphatic hydroxyl groups excluding tert-OH is 2. The highest BCUT2D eigenvalue weighted by atomic mass is 35.5. The number of halogens is 1. The first kappa shape index (κ1) is 27.3. The van der Waals surface area contributed by atoms with Gasteiger partial charge in [-0.2, -0.15) is 0 Å². The fourth-order valence-corrected chi connectivity index (χ4v) is 4.20. The first-order valence-corrected chi connectivity index (χ1v) is 12.0. The van der Waals surface area contributed by atoms with Gasteiger partial charge in [-0.3, -0.25) is 4.79 Å². The van der Waals surface area contributed by atoms with Crippen LogP contribution in [0.4, 0.5) is 0 Å². The highest BCUT2D eigenvalue weighted by Crippen LogP contribution is 2.39. The van der Waals surface area contributed by atoms with Gasteiger partial charge in [-0.05, 0) is 54.2 Å². The van der Waals surface area contributed by atoms with Crippen molar-refractivity contribution in [1.29, 1.82) is 0 Å². The fourth-order valence-electron chi connectivity index (χ4n) is 4.20. The summed E-state index contributed by atoms with van der Waals surface area (Å²) in [6, 6.07) is 11.6. The number of hydrogen-bond acceptors (Lipinski definition) is 5. The average molecular weight is 476 g/mol. The van der Waals surface area contributed by atoms with Crippen molar-refractivity contribution in [2.75, 3.05) is 19.8 Å². The molecule has 0 fully saturated rings. The number of benzene rings is 2. The summed E-state index contributed by atoms with van der Waals surface area (Å²) in [5.41, 5.74) is 9.28. The maximum absolute atomic E-state index is 12.9. The van der Waals surface area contributed by atoms with Gasteiger partial charge < -0.3 is 20.7 Å². The number of rotatable bonds is 14. The standard InChI is InChI=1S/C27H37NO4.ClH/c1-2-3-4-5-6-7-8-15-32-21-10-12-22-24-16-20(13-14-27(28,18-29)19-30)9-11-23(24)26(31)25(22)17-21;/h9-12,16-17,29-30H,2-8,13-15,18-19,28H2,1H3;1H. The molecule has 2 aromatic rings. The number of hydrogen-bond donors (Lipinski definition) is 3. The largest absolute Gasteiger partial charge is 0.494 e. The number of ketones is 1. The van der Waals surface area contributed by atoms with Crippen LogP contribution in [0.15, 0.2) is 36.4 Å². The number of fused-ring (bicyclic) bond motifs is 3. The van der Waals surface area contributed by atoms with Crippen LogP contribution in [0.1, 0.15) is 79.8 Å². The Morgan fingerprint density at radius 3 is 2.21 bits per heavy atom. The molecule has 0 heterocycles. The summed E-state index contributed by atoms with van der Waals surface area (Å²) in [6.45, 7) is 2.37. The third-order valence-electron chi connectivity index (χ3n) is 6.41. The minimum atomic E-state index is -0.992. The second-order valence-electron chi connectivity index (χ2n) is 9.06. The van der Waals surface area contributed by atoms with Crippen molar-refractivity contribution in [3.8, 4) is 16.9 Å². The molecule has 1 aliphatic carbocycles. The molecule has 4 N–H and O–H groups in total. The average Bonchev–Trinajstić information content (AvgIpc) is 3.10. The molecule has 0 radical (unpaired) electrons. The van der Waals surface area contributed by atoms with Crippen molar-refractivity contribution in [1.82, 2.24) is 0 Å². The van der Waals surface area contributed by atoms with Crippen LogP contribution >= 0.6 is 12.4 Å². The van der Waals surface area contributed by atoms with E-state index in [-0.39, 0.29) is 31.4 Å². The Balaban J connectivity index is 0.00000385. The quantitative estimate of drug-likeness (QED) is 0.283. The van der Waals surface area contributed by atoms with Crippen molar-refractivity contribution in [3.05, 3.63) is 53.1 Å². The smallest absolute Gasteiger partial charge is 0.194 e. The monoisotopic (exact) mass is 475 g/mol. The van der Waals surface area contributed by atoms with Gasteiger partial charge in [0.05, 0.1) is 25.4 Å². The molecule has 0 aromatic heterocycles. The van der Waals surface area contributed by atoms with Crippen LogP contribution in [0.2, 0.25) is 0 Å². The molecule has 0 amide bonds. The molecule has 1 aliphatic rings. The molecule has 0 atom stereocenters. The maximum atomic E-state index is 12.9. The van der Waals surface area contributed by atoms with Gasteiger partial charge in [0, 0.05) is 11.1 Å². The summed E-state index contributed by atoms with van der Waals surface area (Å²) in [6.07, 6.45) is 9.76. The fraction of sp³-hybridized carbons (Fsp3) is 0.519. The summed E-state index contributed by atoms with van der Waals surface area (Å²) in [5, 5.41) is 18.8. The first-order chi connectivity index (χ1) is 15.5. The SMILES string of the molecule is CCCCCCCCCOc1ccc2c(c1)C(=O)c1ccc(CCC(N)(CO)CO)cc1-2.Cl. The number of aryl methyl sites for hydroxylation is 1. The van der Waals surface area contributed by atoms with Crippen LogP contribution in [0, 0.1) is 0 Å². The van der Waals surface area contributed by atoms with Gasteiger partial charge in [-0.25, -0.2) is 0 Å². The number of aliphatic hydroxyl groups is 2. The van der Waals surface area contributed by atoms with E-state index in [1.54, 1.807) is 0 Å². The molecule has 0 bridgehead atoms. The van der Waals surface area contributed by atoms with Crippen LogP contribution in [0.25, 0.3) is 11.1 Å². The van der Waals surface area contributed by atoms with E-state index in [1.165, 1.54) is 38.5 Å². The second kappa shape index (κ2) is 13.1. The van der Waals surface area contributed by atoms with Gasteiger partial charge in [-0.15, -0.1) is 12.4 Å². The molecule has 3 rings (SSSR count). The summed E-state index contributed by atoms with van der Waals surface area (Å²) in [4.78, 5) is 12.9. The van der Waals surface area contributed by atoms with E-state index < -0.39 is 5.54 Å². The Morgan fingerprint density at radius 1 is 0.848 bits per heavy atom. The van der Waals surface area contributed by atoms with Crippen LogP contribution in [-0.4, -0.2) is 41.4 Å². The summed E-state index contributed by atoms with van der Waals surface area (Å²) in [5.74, 6) is 0.775. The molecule has 182 valence electrons. The Hall–Kier alpha value is -1.92. The lowest BCUT2D eigenvalue weighted by Gasteiger charge is -2.24. The van der Waals surface area contributed by atoms with Crippen LogP contribution in [0.3, 0.4) is 0 Å². The zero-order chi connectivity index (χ0) is 23.0. The molecule has 0 saturated carbocycles. The van der Waals surface area contributed by atoms with Crippen molar-refractivity contribution < 1.29 is 19.7 Å². The zero-order valence-electron chi connectivity index (χ0n) is 19.6. The lowest BCUT2D eigenvalue weighted by molar-refractivity contribution is 0.104. The van der Waals surface area contributed by atoms with Gasteiger partial charge in [0.1, 0.15) is 5.75 Å². The molecule has 5 nitrogen and oxygen atoms in total. The number of nitrogens with two attached hydrogens (primary N) is 1. The van der Waals surface area contributed by atoms with E-state index in [1.807, 2.05) is 36.4 Å². The second-order valence-corrected chi connectivity index (χ2v) is 9.06. The van der Waals surface area contributed by atoms with E-state index in [4.69, 9.17) is 10.5 Å². The molecule has 0 unspecified atom stereocenters. The highest BCUT2D eigenvalue weighted by Gasteiger charge is 2.28. The van der Waals surface area contributed by atoms with Gasteiger partial charge in [0.25, 0.3) is 0 Å². The Labute approximate surface area is 203 Å². The predicted octanol–water partition coefficient (Wildman–Crippen LogP) is 5.06. The third kappa shape index (κ3) is 7.03. The number of unbranched alkanes of at least 4 members (excludes halogenated alkanes) is 6. The number of carbonyl (C=O) groups excluding carboxylic acids is 1. The maximum Gasteiger partial charge on any atom is 0.194 e. The van der Waals surface area contributed by atoms with Crippen LogP contribution in [0.5, 0.6) is 5.75 Å². The zero-order valence-corrected chi connectivity index (χ0v) is 20.5. The minimum absolute atomic E-state index is 0. The number of carbonyl (C=O) groups is 1. The topological polar surface area (TPSA) is 92.8 Å². The third-order valence-corrected chi connectivity index (χ3v) is 6.41. The molecular formula is C27H38ClNO4. The highest BCUT2D eigenvalue weighted by molar-refractivity contribution is 6.21. The molecule has 2 aromatic carbocycles. The van der Waals surface area contributed by atoms with Gasteiger partial charge >= 0.3 is 0 Å². The van der Waals surface area contributed by atoms with E-state index in [0.717, 1.165) is 28.9 Å². The van der Waals surface area contributed by atoms with E-state index in [2.05, 4.69) is 6.92 Å². The van der Waals surface area contributed by atoms with E-state index in [0.29, 0.717) is 30.6 Å². The Morgan fingerprint density at radius 2 is 1.52 bits per heavy atom. The summed E-state index contributed by atoms with van der Waals surface area (Å²) < 4.78 is 5.92. The predicted molar refractivity (Wildman–Crippen MR) is 135 cm³/mol. The Bertz CT molecular complexity index is 911. The lowest BCUT2D eigenvalue weighted by Crippen LogP contribution is -2.47. The van der Waals surface area contributed by atoms with E-state index in [9.17, 15) is 15.0 Å².